The van der Waals surface area contributed by atoms with Crippen molar-refractivity contribution in [2.24, 2.45) is 0 Å². The van der Waals surface area contributed by atoms with Gasteiger partial charge in [-0.05, 0) is 0 Å². The summed E-state index contributed by atoms with van der Waals surface area (Å²) in [5.41, 5.74) is -2.46. The molecule has 13 heavy (non-hydrogen) atoms. The second-order valence-electron chi connectivity index (χ2n) is 2.59. The molecule has 0 aromatic heterocycles. The van der Waals surface area contributed by atoms with E-state index in [1.165, 1.54) is 0 Å². The Morgan fingerprint density at radius 1 is 1.46 bits per heavy atom. The number of carbonyl (C=O) groups is 4. The summed E-state index contributed by atoms with van der Waals surface area (Å²) < 4.78 is 4.02. The first-order valence-electron chi connectivity index (χ1n) is 3.45. The van der Waals surface area contributed by atoms with E-state index in [1.54, 1.807) is 0 Å². The molecule has 0 aromatic rings. The van der Waals surface area contributed by atoms with Crippen molar-refractivity contribution in [3.8, 4) is 0 Å². The Bertz CT molecular complexity index is 271. The Labute approximate surface area is 72.5 Å². The minimum Gasteiger partial charge on any atom is -0.390 e. The van der Waals surface area contributed by atoms with E-state index in [1.807, 2.05) is 0 Å². The van der Waals surface area contributed by atoms with Crippen LogP contribution in [-0.2, 0) is 23.9 Å². The lowest BCUT2D eigenvalue weighted by Gasteiger charge is -2.24. The highest BCUT2D eigenvalue weighted by atomic mass is 16.6. The third-order valence-corrected chi connectivity index (χ3v) is 1.69. The van der Waals surface area contributed by atoms with Crippen LogP contribution in [0.1, 0.15) is 12.8 Å². The monoisotopic (exact) mass is 186 g/mol. The van der Waals surface area contributed by atoms with Gasteiger partial charge in [-0.15, -0.1) is 0 Å². The summed E-state index contributed by atoms with van der Waals surface area (Å²) >= 11 is 0. The smallest absolute Gasteiger partial charge is 0.354 e. The molecule has 0 bridgehead atoms. The summed E-state index contributed by atoms with van der Waals surface area (Å²) in [5, 5.41) is 9.32. The van der Waals surface area contributed by atoms with Crippen molar-refractivity contribution >= 4 is 24.0 Å². The molecule has 1 unspecified atom stereocenters. The number of aliphatic hydroxyl groups is 1. The van der Waals surface area contributed by atoms with Gasteiger partial charge >= 0.3 is 11.9 Å². The number of Topliss-reactive ketones (excluding diaryl/α,β-unsaturated/α-hetero) is 1. The first-order chi connectivity index (χ1) is 6.00. The fourth-order valence-corrected chi connectivity index (χ4v) is 0.933. The highest BCUT2D eigenvalue weighted by Gasteiger charge is 2.50. The molecule has 0 radical (unpaired) electrons. The summed E-state index contributed by atoms with van der Waals surface area (Å²) in [6, 6.07) is 0. The molecule has 6 heteroatoms. The van der Waals surface area contributed by atoms with Crippen LogP contribution in [0.25, 0.3) is 0 Å². The largest absolute Gasteiger partial charge is 0.390 e. The van der Waals surface area contributed by atoms with Gasteiger partial charge in [-0.3, -0.25) is 9.59 Å². The summed E-state index contributed by atoms with van der Waals surface area (Å²) in [4.78, 5) is 42.4. The summed E-state index contributed by atoms with van der Waals surface area (Å²) in [7, 11) is 0. The van der Waals surface area contributed by atoms with Gasteiger partial charge in [0, 0.05) is 0 Å². The molecular weight excluding hydrogens is 180 g/mol. The molecule has 0 saturated carbocycles. The molecule has 1 aliphatic heterocycles. The van der Waals surface area contributed by atoms with E-state index in [-0.39, 0.29) is 6.29 Å². The number of ether oxygens (including phenoxy) is 1. The van der Waals surface area contributed by atoms with Crippen molar-refractivity contribution in [2.75, 3.05) is 0 Å². The molecular formula is C7H6O6. The molecule has 1 heterocycles. The summed E-state index contributed by atoms with van der Waals surface area (Å²) in [6.07, 6.45) is -1.15. The molecule has 1 saturated heterocycles. The molecule has 0 amide bonds. The van der Waals surface area contributed by atoms with Gasteiger partial charge in [0.1, 0.15) is 12.7 Å². The van der Waals surface area contributed by atoms with Gasteiger partial charge < -0.3 is 14.6 Å². The number of ketones is 1. The van der Waals surface area contributed by atoms with Crippen LogP contribution < -0.4 is 0 Å². The second kappa shape index (κ2) is 3.06. The first kappa shape index (κ1) is 9.53. The normalized spacial score (nSPS) is 28.5. The van der Waals surface area contributed by atoms with Crippen LogP contribution in [0.5, 0.6) is 0 Å². The zero-order valence-corrected chi connectivity index (χ0v) is 6.48. The van der Waals surface area contributed by atoms with Crippen LogP contribution in [0.4, 0.5) is 0 Å². The Hall–Kier alpha value is -1.56. The number of carbonyl (C=O) groups excluding carboxylic acids is 4. The number of cyclic esters (lactones) is 2. The molecule has 1 N–H and O–H groups in total. The van der Waals surface area contributed by atoms with E-state index in [9.17, 15) is 24.3 Å². The summed E-state index contributed by atoms with van der Waals surface area (Å²) in [5.74, 6) is -3.38. The maximum atomic E-state index is 11.0. The molecule has 0 aliphatic carbocycles. The van der Waals surface area contributed by atoms with Crippen molar-refractivity contribution in [3.05, 3.63) is 0 Å². The van der Waals surface area contributed by atoms with Gasteiger partial charge in [0.25, 0.3) is 0 Å². The number of esters is 2. The predicted molar refractivity (Wildman–Crippen MR) is 36.4 cm³/mol. The van der Waals surface area contributed by atoms with Crippen molar-refractivity contribution in [3.63, 3.8) is 0 Å². The molecule has 1 aliphatic rings. The fraction of sp³-hybridized carbons (Fsp3) is 0.429. The van der Waals surface area contributed by atoms with E-state index in [2.05, 4.69) is 4.74 Å². The standard InChI is InChI=1S/C7H6O6/c8-2-1-7(12)4(9)3-5(10)13-6(7)11/h2,12H,1,3H2. The first-order valence-corrected chi connectivity index (χ1v) is 3.45. The lowest BCUT2D eigenvalue weighted by atomic mass is 9.91. The molecule has 1 fully saturated rings. The van der Waals surface area contributed by atoms with Gasteiger partial charge in [-0.1, -0.05) is 0 Å². The van der Waals surface area contributed by atoms with Crippen LogP contribution >= 0.6 is 0 Å². The van der Waals surface area contributed by atoms with Gasteiger partial charge in [0.15, 0.2) is 5.78 Å². The number of aldehydes is 1. The minimum atomic E-state index is -2.46. The van der Waals surface area contributed by atoms with E-state index in [0.717, 1.165) is 0 Å². The van der Waals surface area contributed by atoms with Crippen molar-refractivity contribution in [2.45, 2.75) is 18.4 Å². The SMILES string of the molecule is O=CCC1(O)C(=O)CC(=O)OC1=O. The molecule has 1 rings (SSSR count). The number of hydrogen-bond acceptors (Lipinski definition) is 6. The second-order valence-corrected chi connectivity index (χ2v) is 2.59. The third-order valence-electron chi connectivity index (χ3n) is 1.69. The predicted octanol–water partition coefficient (Wildman–Crippen LogP) is -1.65. The van der Waals surface area contributed by atoms with E-state index in [4.69, 9.17) is 0 Å². The van der Waals surface area contributed by atoms with Crippen LogP contribution in [0.2, 0.25) is 0 Å². The van der Waals surface area contributed by atoms with Crippen molar-refractivity contribution in [1.82, 2.24) is 0 Å². The average Bonchev–Trinajstić information content (AvgIpc) is 2.01. The number of hydrogen-bond donors (Lipinski definition) is 1. The highest BCUT2D eigenvalue weighted by molar-refractivity contribution is 6.19. The van der Waals surface area contributed by atoms with Crippen LogP contribution in [-0.4, -0.2) is 34.7 Å². The quantitative estimate of drug-likeness (QED) is 0.315. The van der Waals surface area contributed by atoms with Crippen LogP contribution in [0.3, 0.4) is 0 Å². The minimum absolute atomic E-state index is 0.217. The van der Waals surface area contributed by atoms with Crippen LogP contribution in [0, 0.1) is 0 Å². The lowest BCUT2D eigenvalue weighted by molar-refractivity contribution is -0.184. The molecule has 1 atom stereocenters. The topological polar surface area (TPSA) is 97.7 Å². The van der Waals surface area contributed by atoms with E-state index < -0.39 is 36.2 Å². The Morgan fingerprint density at radius 2 is 2.08 bits per heavy atom. The Kier molecular flexibility index (Phi) is 2.24. The molecule has 0 aromatic carbocycles. The lowest BCUT2D eigenvalue weighted by Crippen LogP contribution is -2.53. The Balaban J connectivity index is 2.95. The number of rotatable bonds is 2. The molecule has 0 spiro atoms. The molecule has 70 valence electrons. The zero-order valence-electron chi connectivity index (χ0n) is 6.48. The van der Waals surface area contributed by atoms with Crippen LogP contribution in [0.15, 0.2) is 0 Å². The van der Waals surface area contributed by atoms with Gasteiger partial charge in [-0.2, -0.15) is 0 Å². The van der Waals surface area contributed by atoms with Gasteiger partial charge in [0.05, 0.1) is 6.42 Å². The Morgan fingerprint density at radius 3 is 2.54 bits per heavy atom. The molecule has 6 nitrogen and oxygen atoms in total. The third kappa shape index (κ3) is 1.48. The average molecular weight is 186 g/mol. The van der Waals surface area contributed by atoms with Crippen molar-refractivity contribution < 1.29 is 29.0 Å². The maximum Gasteiger partial charge on any atom is 0.354 e. The summed E-state index contributed by atoms with van der Waals surface area (Å²) in [6.45, 7) is 0. The van der Waals surface area contributed by atoms with Crippen molar-refractivity contribution in [1.29, 1.82) is 0 Å². The van der Waals surface area contributed by atoms with E-state index in [0.29, 0.717) is 0 Å². The fourth-order valence-electron chi connectivity index (χ4n) is 0.933. The van der Waals surface area contributed by atoms with Gasteiger partial charge in [-0.25, -0.2) is 4.79 Å². The highest BCUT2D eigenvalue weighted by Crippen LogP contribution is 2.20. The van der Waals surface area contributed by atoms with Gasteiger partial charge in [0.2, 0.25) is 5.60 Å². The maximum absolute atomic E-state index is 11.0. The van der Waals surface area contributed by atoms with E-state index >= 15 is 0 Å². The zero-order chi connectivity index (χ0) is 10.1.